The Morgan fingerprint density at radius 1 is 1.22 bits per heavy atom. The molecule has 3 heterocycles. The van der Waals surface area contributed by atoms with Crippen molar-refractivity contribution in [3.8, 4) is 0 Å². The third-order valence-corrected chi connectivity index (χ3v) is 3.83. The normalized spacial score (nSPS) is 17.3. The SMILES string of the molecule is c1cnc2ccc(Nc3cnnc(N[C@@H]4CCNC4)n3)cc2c1. The Balaban J connectivity index is 1.52. The fourth-order valence-corrected chi connectivity index (χ4v) is 2.69. The first-order chi connectivity index (χ1) is 11.4. The van der Waals surface area contributed by atoms with Gasteiger partial charge in [-0.3, -0.25) is 4.98 Å². The third-order valence-electron chi connectivity index (χ3n) is 3.83. The largest absolute Gasteiger partial charge is 0.349 e. The lowest BCUT2D eigenvalue weighted by molar-refractivity contribution is 0.772. The van der Waals surface area contributed by atoms with Crippen molar-refractivity contribution in [1.29, 1.82) is 0 Å². The van der Waals surface area contributed by atoms with E-state index in [0.717, 1.165) is 36.1 Å². The van der Waals surface area contributed by atoms with E-state index in [2.05, 4.69) is 36.1 Å². The summed E-state index contributed by atoms with van der Waals surface area (Å²) in [6.45, 7) is 1.95. The maximum Gasteiger partial charge on any atom is 0.244 e. The summed E-state index contributed by atoms with van der Waals surface area (Å²) in [7, 11) is 0. The number of fused-ring (bicyclic) bond motifs is 1. The summed E-state index contributed by atoms with van der Waals surface area (Å²) in [5.41, 5.74) is 1.91. The number of benzene rings is 1. The molecule has 23 heavy (non-hydrogen) atoms. The smallest absolute Gasteiger partial charge is 0.244 e. The molecule has 0 aliphatic carbocycles. The number of nitrogens with one attached hydrogen (secondary N) is 3. The van der Waals surface area contributed by atoms with Gasteiger partial charge in [0.1, 0.15) is 0 Å². The van der Waals surface area contributed by atoms with E-state index >= 15 is 0 Å². The highest BCUT2D eigenvalue weighted by molar-refractivity contribution is 5.82. The molecule has 3 N–H and O–H groups in total. The van der Waals surface area contributed by atoms with Crippen molar-refractivity contribution in [3.05, 3.63) is 42.7 Å². The number of hydrogen-bond donors (Lipinski definition) is 3. The van der Waals surface area contributed by atoms with Gasteiger partial charge >= 0.3 is 0 Å². The van der Waals surface area contributed by atoms with Gasteiger partial charge in [0.05, 0.1) is 11.7 Å². The summed E-state index contributed by atoms with van der Waals surface area (Å²) in [6.07, 6.45) is 4.48. The Kier molecular flexibility index (Phi) is 3.69. The minimum Gasteiger partial charge on any atom is -0.349 e. The number of hydrogen-bond acceptors (Lipinski definition) is 7. The first-order valence-corrected chi connectivity index (χ1v) is 7.66. The molecule has 4 rings (SSSR count). The fourth-order valence-electron chi connectivity index (χ4n) is 2.69. The van der Waals surface area contributed by atoms with Gasteiger partial charge in [0.15, 0.2) is 5.82 Å². The summed E-state index contributed by atoms with van der Waals surface area (Å²) < 4.78 is 0. The first kappa shape index (κ1) is 13.8. The lowest BCUT2D eigenvalue weighted by Gasteiger charge is -2.11. The second kappa shape index (κ2) is 6.13. The van der Waals surface area contributed by atoms with Gasteiger partial charge in [-0.05, 0) is 37.2 Å². The van der Waals surface area contributed by atoms with Crippen LogP contribution in [-0.4, -0.2) is 39.3 Å². The zero-order chi connectivity index (χ0) is 15.5. The molecule has 7 nitrogen and oxygen atoms in total. The van der Waals surface area contributed by atoms with Crippen molar-refractivity contribution in [2.75, 3.05) is 23.7 Å². The van der Waals surface area contributed by atoms with Gasteiger partial charge in [0, 0.05) is 29.9 Å². The third kappa shape index (κ3) is 3.19. The molecule has 0 saturated carbocycles. The average molecular weight is 307 g/mol. The Hall–Kier alpha value is -2.80. The molecule has 1 aliphatic rings. The molecule has 1 aliphatic heterocycles. The van der Waals surface area contributed by atoms with E-state index in [1.807, 2.05) is 30.3 Å². The number of rotatable bonds is 4. The maximum absolute atomic E-state index is 4.47. The van der Waals surface area contributed by atoms with E-state index in [0.29, 0.717) is 17.8 Å². The highest BCUT2D eigenvalue weighted by Crippen LogP contribution is 2.20. The number of pyridine rings is 1. The minimum absolute atomic E-state index is 0.360. The monoisotopic (exact) mass is 307 g/mol. The average Bonchev–Trinajstić information content (AvgIpc) is 3.08. The molecule has 0 amide bonds. The van der Waals surface area contributed by atoms with Crippen molar-refractivity contribution < 1.29 is 0 Å². The first-order valence-electron chi connectivity index (χ1n) is 7.66. The van der Waals surface area contributed by atoms with Gasteiger partial charge in [-0.15, -0.1) is 5.10 Å². The summed E-state index contributed by atoms with van der Waals surface area (Å²) >= 11 is 0. The quantitative estimate of drug-likeness (QED) is 0.679. The van der Waals surface area contributed by atoms with Crippen molar-refractivity contribution in [2.24, 2.45) is 0 Å². The molecule has 0 unspecified atom stereocenters. The zero-order valence-corrected chi connectivity index (χ0v) is 12.5. The van der Waals surface area contributed by atoms with Gasteiger partial charge in [-0.2, -0.15) is 10.1 Å². The molecule has 1 atom stereocenters. The topological polar surface area (TPSA) is 87.7 Å². The molecule has 7 heteroatoms. The number of nitrogens with zero attached hydrogens (tertiary/aromatic N) is 4. The molecule has 0 radical (unpaired) electrons. The van der Waals surface area contributed by atoms with Crippen LogP contribution in [0.1, 0.15) is 6.42 Å². The van der Waals surface area contributed by atoms with Gasteiger partial charge in [0.25, 0.3) is 0 Å². The van der Waals surface area contributed by atoms with E-state index in [-0.39, 0.29) is 0 Å². The van der Waals surface area contributed by atoms with Gasteiger partial charge in [-0.25, -0.2) is 0 Å². The van der Waals surface area contributed by atoms with Crippen molar-refractivity contribution >= 4 is 28.4 Å². The standard InChI is InChI=1S/C16H17N7/c1-2-11-8-12(3-4-14(11)18-6-1)20-15-10-19-23-16(22-15)21-13-5-7-17-9-13/h1-4,6,8,10,13,17H,5,7,9H2,(H2,20,21,22,23)/t13-/m1/s1. The molecule has 3 aromatic rings. The summed E-state index contributed by atoms with van der Waals surface area (Å²) in [5.74, 6) is 1.21. The summed E-state index contributed by atoms with van der Waals surface area (Å²) in [5, 5.41) is 19.0. The van der Waals surface area contributed by atoms with Gasteiger partial charge in [-0.1, -0.05) is 6.07 Å². The molecule has 0 spiro atoms. The van der Waals surface area contributed by atoms with Gasteiger partial charge < -0.3 is 16.0 Å². The fraction of sp³-hybridized carbons (Fsp3) is 0.250. The highest BCUT2D eigenvalue weighted by Gasteiger charge is 2.15. The van der Waals surface area contributed by atoms with Crippen molar-refractivity contribution in [2.45, 2.75) is 12.5 Å². The number of anilines is 3. The molecule has 0 bridgehead atoms. The molecular weight excluding hydrogens is 290 g/mol. The van der Waals surface area contributed by atoms with E-state index in [4.69, 9.17) is 0 Å². The Bertz CT molecular complexity index is 814. The van der Waals surface area contributed by atoms with E-state index < -0.39 is 0 Å². The van der Waals surface area contributed by atoms with E-state index in [1.165, 1.54) is 0 Å². The van der Waals surface area contributed by atoms with Crippen molar-refractivity contribution in [1.82, 2.24) is 25.5 Å². The lowest BCUT2D eigenvalue weighted by atomic mass is 10.2. The second-order valence-corrected chi connectivity index (χ2v) is 5.54. The minimum atomic E-state index is 0.360. The van der Waals surface area contributed by atoms with Crippen LogP contribution >= 0.6 is 0 Å². The van der Waals surface area contributed by atoms with Crippen LogP contribution in [0.4, 0.5) is 17.5 Å². The predicted molar refractivity (Wildman–Crippen MR) is 89.8 cm³/mol. The molecule has 1 aromatic carbocycles. The van der Waals surface area contributed by atoms with Crippen LogP contribution in [0, 0.1) is 0 Å². The van der Waals surface area contributed by atoms with Crippen LogP contribution in [0.15, 0.2) is 42.7 Å². The van der Waals surface area contributed by atoms with Gasteiger partial charge in [0.2, 0.25) is 5.95 Å². The second-order valence-electron chi connectivity index (χ2n) is 5.54. The van der Waals surface area contributed by atoms with Crippen LogP contribution in [0.3, 0.4) is 0 Å². The molecule has 2 aromatic heterocycles. The molecular formula is C16H17N7. The maximum atomic E-state index is 4.47. The molecule has 1 saturated heterocycles. The van der Waals surface area contributed by atoms with Crippen LogP contribution in [0.2, 0.25) is 0 Å². The molecule has 1 fully saturated rings. The highest BCUT2D eigenvalue weighted by atomic mass is 15.3. The number of aromatic nitrogens is 4. The summed E-state index contributed by atoms with van der Waals surface area (Å²) in [4.78, 5) is 8.79. The van der Waals surface area contributed by atoms with E-state index in [9.17, 15) is 0 Å². The summed E-state index contributed by atoms with van der Waals surface area (Å²) in [6, 6.07) is 10.3. The molecule has 116 valence electrons. The van der Waals surface area contributed by atoms with Crippen LogP contribution in [0.5, 0.6) is 0 Å². The van der Waals surface area contributed by atoms with Crippen LogP contribution in [0.25, 0.3) is 10.9 Å². The van der Waals surface area contributed by atoms with E-state index in [1.54, 1.807) is 12.4 Å². The Labute approximate surface area is 133 Å². The Morgan fingerprint density at radius 2 is 2.22 bits per heavy atom. The Morgan fingerprint density at radius 3 is 3.13 bits per heavy atom. The van der Waals surface area contributed by atoms with Crippen molar-refractivity contribution in [3.63, 3.8) is 0 Å². The zero-order valence-electron chi connectivity index (χ0n) is 12.5. The predicted octanol–water partition coefficient (Wildman–Crippen LogP) is 1.94. The van der Waals surface area contributed by atoms with Crippen LogP contribution < -0.4 is 16.0 Å². The van der Waals surface area contributed by atoms with Crippen LogP contribution in [-0.2, 0) is 0 Å². The lowest BCUT2D eigenvalue weighted by Crippen LogP contribution is -2.23.